The molecular formula is C30H28OSi3. The average Bonchev–Trinajstić information content (AvgIpc) is 2.84. The Morgan fingerprint density at radius 1 is 0.618 bits per heavy atom. The third kappa shape index (κ3) is 3.28. The van der Waals surface area contributed by atoms with E-state index in [0.717, 1.165) is 0 Å². The largest absolute Gasteiger partial charge is 0.414 e. The van der Waals surface area contributed by atoms with Crippen molar-refractivity contribution >= 4 is 79.3 Å². The van der Waals surface area contributed by atoms with Gasteiger partial charge in [-0.15, -0.1) is 0 Å². The number of hydrogen-bond acceptors (Lipinski definition) is 1. The van der Waals surface area contributed by atoms with Crippen LogP contribution < -0.4 is 0 Å². The molecular weight excluding hydrogens is 461 g/mol. The molecule has 1 fully saturated rings. The summed E-state index contributed by atoms with van der Waals surface area (Å²) in [7, 11) is -1.28. The quantitative estimate of drug-likeness (QED) is 0.139. The Morgan fingerprint density at radius 3 is 2.00 bits per heavy atom. The van der Waals surface area contributed by atoms with Gasteiger partial charge >= 0.3 is 0 Å². The molecule has 0 saturated carbocycles. The topological polar surface area (TPSA) is 9.23 Å². The third-order valence-electron chi connectivity index (χ3n) is 7.75. The van der Waals surface area contributed by atoms with Crippen molar-refractivity contribution in [2.45, 2.75) is 25.2 Å². The number of benzene rings is 6. The Morgan fingerprint density at radius 2 is 1.24 bits per heavy atom. The van der Waals surface area contributed by atoms with Crippen molar-refractivity contribution in [3.8, 4) is 0 Å². The van der Waals surface area contributed by atoms with Crippen LogP contribution in [0, 0.1) is 0 Å². The fourth-order valence-corrected chi connectivity index (χ4v) is 25.1. The van der Waals surface area contributed by atoms with Crippen molar-refractivity contribution in [2.24, 2.45) is 0 Å². The summed E-state index contributed by atoms with van der Waals surface area (Å²) < 4.78 is 6.94. The molecule has 0 spiro atoms. The smallest absolute Gasteiger partial charge is 0.164 e. The standard InChI is InChI=1S/C30H28OSi3/c1-34(2)31-29(18-32-33-34)30-25-10-6-5-9-21(25)16-28-26(30)12-11-22-15-23-13-19-7-3-4-8-20(19)14-24(23)17-27(22)28/h3-17,29H,18,32-33H2,1-2H3. The van der Waals surface area contributed by atoms with Crippen molar-refractivity contribution in [3.63, 3.8) is 0 Å². The van der Waals surface area contributed by atoms with Crippen LogP contribution in [0.5, 0.6) is 0 Å². The molecule has 6 aromatic carbocycles. The summed E-state index contributed by atoms with van der Waals surface area (Å²) in [6.07, 6.45) is 0.282. The Balaban J connectivity index is 1.56. The predicted molar refractivity (Wildman–Crippen MR) is 157 cm³/mol. The summed E-state index contributed by atoms with van der Waals surface area (Å²) in [5, 5.41) is 13.4. The zero-order chi connectivity index (χ0) is 22.9. The minimum atomic E-state index is -1.43. The Kier molecular flexibility index (Phi) is 4.61. The normalized spacial score (nSPS) is 19.8. The molecule has 0 N–H and O–H groups in total. The van der Waals surface area contributed by atoms with Crippen LogP contribution in [0.4, 0.5) is 0 Å². The lowest BCUT2D eigenvalue weighted by molar-refractivity contribution is 0.226. The van der Waals surface area contributed by atoms with E-state index >= 15 is 0 Å². The lowest BCUT2D eigenvalue weighted by atomic mass is 9.90. The second kappa shape index (κ2) is 7.62. The first-order valence-corrected chi connectivity index (χ1v) is 22.7. The van der Waals surface area contributed by atoms with E-state index in [9.17, 15) is 0 Å². The first-order valence-electron chi connectivity index (χ1n) is 12.4. The fraction of sp³-hybridized carbons (Fsp3) is 0.133. The van der Waals surface area contributed by atoms with Gasteiger partial charge in [0.25, 0.3) is 0 Å². The van der Waals surface area contributed by atoms with Gasteiger partial charge in [0.05, 0.1) is 6.10 Å². The second-order valence-electron chi connectivity index (χ2n) is 10.6. The summed E-state index contributed by atoms with van der Waals surface area (Å²) in [5.41, 5.74) is 1.45. The van der Waals surface area contributed by atoms with Crippen LogP contribution in [0.1, 0.15) is 11.7 Å². The van der Waals surface area contributed by atoms with Crippen molar-refractivity contribution in [3.05, 3.63) is 96.6 Å². The predicted octanol–water partition coefficient (Wildman–Crippen LogP) is 6.90. The summed E-state index contributed by atoms with van der Waals surface area (Å²) in [6, 6.07) is 35.5. The van der Waals surface area contributed by atoms with Gasteiger partial charge in [-0.1, -0.05) is 60.7 Å². The van der Waals surface area contributed by atoms with Gasteiger partial charge in [-0.2, -0.15) is 0 Å². The average molecular weight is 489 g/mol. The molecule has 7 rings (SSSR count). The number of fused-ring (bicyclic) bond motifs is 6. The molecule has 0 amide bonds. The SMILES string of the molecule is C[Si]1(C)OC(c2c3ccccc3cc3c2ccc2cc4cc5ccccc5cc4cc23)C[SiH2][SiH2]1. The van der Waals surface area contributed by atoms with Crippen LogP contribution in [0.15, 0.2) is 91.0 Å². The lowest BCUT2D eigenvalue weighted by Gasteiger charge is -2.35. The van der Waals surface area contributed by atoms with E-state index in [1.165, 1.54) is 65.5 Å². The van der Waals surface area contributed by atoms with Crippen molar-refractivity contribution in [2.75, 3.05) is 0 Å². The van der Waals surface area contributed by atoms with Crippen LogP contribution >= 0.6 is 0 Å². The van der Waals surface area contributed by atoms with E-state index in [-0.39, 0.29) is 23.7 Å². The fourth-order valence-electron chi connectivity index (χ4n) is 6.11. The first kappa shape index (κ1) is 20.6. The van der Waals surface area contributed by atoms with E-state index in [0.29, 0.717) is 0 Å². The van der Waals surface area contributed by atoms with Crippen LogP contribution in [0.25, 0.3) is 53.9 Å². The zero-order valence-electron chi connectivity index (χ0n) is 19.8. The molecule has 6 aromatic rings. The van der Waals surface area contributed by atoms with Crippen molar-refractivity contribution < 1.29 is 4.43 Å². The van der Waals surface area contributed by atoms with Crippen LogP contribution in [0.3, 0.4) is 0 Å². The monoisotopic (exact) mass is 488 g/mol. The number of rotatable bonds is 1. The van der Waals surface area contributed by atoms with E-state index in [1.807, 2.05) is 0 Å². The molecule has 4 heteroatoms. The minimum Gasteiger partial charge on any atom is -0.414 e. The van der Waals surface area contributed by atoms with Gasteiger partial charge in [-0.05, 0) is 109 Å². The highest BCUT2D eigenvalue weighted by molar-refractivity contribution is 7.41. The molecule has 0 bridgehead atoms. The van der Waals surface area contributed by atoms with E-state index in [4.69, 9.17) is 4.43 Å². The maximum absolute atomic E-state index is 6.94. The molecule has 1 aliphatic heterocycles. The maximum Gasteiger partial charge on any atom is 0.164 e. The summed E-state index contributed by atoms with van der Waals surface area (Å²) in [4.78, 5) is 0. The van der Waals surface area contributed by atoms with Crippen molar-refractivity contribution in [1.29, 1.82) is 0 Å². The van der Waals surface area contributed by atoms with Gasteiger partial charge in [0.2, 0.25) is 0 Å². The molecule has 34 heavy (non-hydrogen) atoms. The summed E-state index contributed by atoms with van der Waals surface area (Å²) >= 11 is 0. The highest BCUT2D eigenvalue weighted by atomic mass is 29.6. The molecule has 1 nitrogen and oxygen atoms in total. The molecule has 1 unspecified atom stereocenters. The van der Waals surface area contributed by atoms with Gasteiger partial charge in [-0.3, -0.25) is 0 Å². The summed E-state index contributed by atoms with van der Waals surface area (Å²) in [6.45, 7) is 4.94. The molecule has 0 aliphatic carbocycles. The molecule has 1 saturated heterocycles. The van der Waals surface area contributed by atoms with E-state index in [2.05, 4.69) is 104 Å². The minimum absolute atomic E-state index is 0.0670. The van der Waals surface area contributed by atoms with Gasteiger partial charge in [0, 0.05) is 17.6 Å². The van der Waals surface area contributed by atoms with E-state index < -0.39 is 7.83 Å². The maximum atomic E-state index is 6.94. The van der Waals surface area contributed by atoms with E-state index in [1.54, 1.807) is 0 Å². The van der Waals surface area contributed by atoms with Crippen molar-refractivity contribution in [1.82, 2.24) is 0 Å². The zero-order valence-corrected chi connectivity index (χ0v) is 23.6. The molecule has 0 aromatic heterocycles. The first-order chi connectivity index (χ1) is 16.6. The molecule has 1 aliphatic rings. The van der Waals surface area contributed by atoms with Gasteiger partial charge < -0.3 is 4.43 Å². The number of hydrogen-bond donors (Lipinski definition) is 0. The van der Waals surface area contributed by atoms with Crippen LogP contribution in [-0.2, 0) is 4.43 Å². The van der Waals surface area contributed by atoms with Gasteiger partial charge in [-0.25, -0.2) is 0 Å². The Bertz CT molecular complexity index is 1760. The summed E-state index contributed by atoms with van der Waals surface area (Å²) in [5.74, 6) is 0. The molecule has 166 valence electrons. The van der Waals surface area contributed by atoms with Gasteiger partial charge in [0.1, 0.15) is 0 Å². The highest BCUT2D eigenvalue weighted by Gasteiger charge is 2.33. The molecule has 1 atom stereocenters. The highest BCUT2D eigenvalue weighted by Crippen LogP contribution is 2.41. The third-order valence-corrected chi connectivity index (χ3v) is 31.6. The Hall–Kier alpha value is -2.77. The van der Waals surface area contributed by atoms with Gasteiger partial charge in [0.15, 0.2) is 7.83 Å². The molecule has 0 radical (unpaired) electrons. The second-order valence-corrected chi connectivity index (χ2v) is 29.3. The lowest BCUT2D eigenvalue weighted by Crippen LogP contribution is -2.47. The van der Waals surface area contributed by atoms with Crippen LogP contribution in [0.2, 0.25) is 19.1 Å². The Labute approximate surface area is 205 Å². The molecule has 1 heterocycles. The van der Waals surface area contributed by atoms with Crippen LogP contribution in [-0.4, -0.2) is 25.4 Å².